The van der Waals surface area contributed by atoms with Gasteiger partial charge in [-0.25, -0.2) is 0 Å². The Morgan fingerprint density at radius 2 is 0.977 bits per heavy atom. The minimum Gasteiger partial charge on any atom is -0.385 e. The molecule has 0 radical (unpaired) electrons. The van der Waals surface area contributed by atoms with Crippen LogP contribution in [0.1, 0.15) is 82.1 Å². The summed E-state index contributed by atoms with van der Waals surface area (Å²) in [5.74, 6) is 5.79. The lowest BCUT2D eigenvalue weighted by Crippen LogP contribution is -2.35. The van der Waals surface area contributed by atoms with E-state index in [9.17, 15) is 19.8 Å². The SMILES string of the molecule is CC1=C(/C=C/C(C)=C/C=C/C(C)=C/C#C/C=C(C)/C=C/C=C(C)/C=C/C2=C(C)C(=O)[C@@H](O)CC2(C)C)C(C)(C)C[C@H](O)C1=O. The molecule has 234 valence electrons. The summed E-state index contributed by atoms with van der Waals surface area (Å²) in [6.45, 7) is 19.8. The second-order valence-electron chi connectivity index (χ2n) is 13.3. The van der Waals surface area contributed by atoms with E-state index < -0.39 is 12.2 Å². The van der Waals surface area contributed by atoms with E-state index >= 15 is 0 Å². The van der Waals surface area contributed by atoms with E-state index in [0.717, 1.165) is 33.4 Å². The standard InChI is InChI=1S/C40H50O4/c1-27(17-13-19-29(3)21-23-33-31(5)37(43)35(41)25-39(33,7)8)15-11-12-16-28(2)18-14-20-30(4)22-24-34-32(6)38(44)36(42)26-40(34,9)10/h13-24,35-36,41-42H,25-26H2,1-10H3/b17-13+,18-14+,23-21+,24-22+,27-15+,28-16+,29-19+,30-20+/t35-,36-/m0/s1. The van der Waals surface area contributed by atoms with Gasteiger partial charge in [0, 0.05) is 0 Å². The van der Waals surface area contributed by atoms with Crippen molar-refractivity contribution in [2.24, 2.45) is 10.8 Å². The molecule has 0 aromatic rings. The highest BCUT2D eigenvalue weighted by atomic mass is 16.3. The van der Waals surface area contributed by atoms with Gasteiger partial charge in [0.05, 0.1) is 0 Å². The number of carbonyl (C=O) groups is 2. The van der Waals surface area contributed by atoms with E-state index in [0.29, 0.717) is 24.0 Å². The molecule has 2 atom stereocenters. The lowest BCUT2D eigenvalue weighted by molar-refractivity contribution is -0.126. The molecule has 2 N–H and O–H groups in total. The molecule has 4 nitrogen and oxygen atoms in total. The quantitative estimate of drug-likeness (QED) is 0.219. The lowest BCUT2D eigenvalue weighted by Gasteiger charge is -2.34. The molecule has 2 rings (SSSR count). The number of hydrogen-bond donors (Lipinski definition) is 2. The number of hydrogen-bond acceptors (Lipinski definition) is 4. The van der Waals surface area contributed by atoms with Crippen molar-refractivity contribution in [2.45, 2.75) is 94.3 Å². The maximum Gasteiger partial charge on any atom is 0.187 e. The molecule has 4 heteroatoms. The van der Waals surface area contributed by atoms with E-state index in [1.54, 1.807) is 13.8 Å². The number of carbonyl (C=O) groups excluding carboxylic acids is 2. The smallest absolute Gasteiger partial charge is 0.187 e. The van der Waals surface area contributed by atoms with Crippen molar-refractivity contribution in [1.82, 2.24) is 0 Å². The van der Waals surface area contributed by atoms with E-state index in [2.05, 4.69) is 39.5 Å². The van der Waals surface area contributed by atoms with Gasteiger partial charge in [0.25, 0.3) is 0 Å². The van der Waals surface area contributed by atoms with Crippen LogP contribution in [0.4, 0.5) is 0 Å². The normalized spacial score (nSPS) is 24.0. The fraction of sp³-hybridized carbons (Fsp3) is 0.400. The Morgan fingerprint density at radius 3 is 1.32 bits per heavy atom. The second kappa shape index (κ2) is 15.8. The minimum atomic E-state index is -0.912. The first kappa shape index (κ1) is 36.4. The van der Waals surface area contributed by atoms with Gasteiger partial charge in [-0.2, -0.15) is 0 Å². The van der Waals surface area contributed by atoms with Gasteiger partial charge >= 0.3 is 0 Å². The number of Topliss-reactive ketones (excluding diaryl/α,β-unsaturated/α-hetero) is 2. The average Bonchev–Trinajstić information content (AvgIpc) is 2.92. The van der Waals surface area contributed by atoms with Crippen molar-refractivity contribution in [3.8, 4) is 11.8 Å². The number of ketones is 2. The molecule has 0 heterocycles. The summed E-state index contributed by atoms with van der Waals surface area (Å²) in [7, 11) is 0. The van der Waals surface area contributed by atoms with Crippen LogP contribution in [0.25, 0.3) is 0 Å². The highest BCUT2D eigenvalue weighted by molar-refractivity contribution is 6.01. The number of aliphatic hydroxyl groups excluding tert-OH is 2. The number of rotatable bonds is 8. The van der Waals surface area contributed by atoms with Crippen LogP contribution in [-0.4, -0.2) is 34.0 Å². The predicted molar refractivity (Wildman–Crippen MR) is 184 cm³/mol. The molecule has 0 unspecified atom stereocenters. The average molecular weight is 595 g/mol. The summed E-state index contributed by atoms with van der Waals surface area (Å²) in [5.41, 5.74) is 6.90. The molecule has 0 saturated heterocycles. The van der Waals surface area contributed by atoms with Crippen molar-refractivity contribution in [3.05, 3.63) is 117 Å². The third kappa shape index (κ3) is 10.4. The first-order chi connectivity index (χ1) is 20.5. The zero-order chi connectivity index (χ0) is 33.2. The maximum atomic E-state index is 12.2. The maximum absolute atomic E-state index is 12.2. The Bertz CT molecular complexity index is 1400. The molecule has 0 fully saturated rings. The van der Waals surface area contributed by atoms with E-state index in [-0.39, 0.29) is 22.4 Å². The fourth-order valence-electron chi connectivity index (χ4n) is 5.50. The molecule has 0 aromatic heterocycles. The van der Waals surface area contributed by atoms with Crippen LogP contribution in [0, 0.1) is 22.7 Å². The third-order valence-electron chi connectivity index (χ3n) is 8.16. The Morgan fingerprint density at radius 1 is 0.636 bits per heavy atom. The summed E-state index contributed by atoms with van der Waals surface area (Å²) < 4.78 is 0. The molecule has 0 aromatic carbocycles. The molecule has 0 saturated carbocycles. The molecule has 0 spiro atoms. The third-order valence-corrected chi connectivity index (χ3v) is 8.16. The molecule has 44 heavy (non-hydrogen) atoms. The van der Waals surface area contributed by atoms with Gasteiger partial charge < -0.3 is 10.2 Å². The zero-order valence-corrected chi connectivity index (χ0v) is 28.2. The van der Waals surface area contributed by atoms with Gasteiger partial charge in [-0.05, 0) is 111 Å². The Labute approximate surface area is 265 Å². The van der Waals surface area contributed by atoms with E-state index in [1.807, 2.05) is 101 Å². The van der Waals surface area contributed by atoms with Crippen molar-refractivity contribution in [1.29, 1.82) is 0 Å². The van der Waals surface area contributed by atoms with Crippen LogP contribution >= 0.6 is 0 Å². The van der Waals surface area contributed by atoms with Gasteiger partial charge in [0.1, 0.15) is 12.2 Å². The monoisotopic (exact) mass is 594 g/mol. The predicted octanol–water partition coefficient (Wildman–Crippen LogP) is 8.35. The molecule has 2 aliphatic rings. The van der Waals surface area contributed by atoms with Crippen LogP contribution in [0.3, 0.4) is 0 Å². The van der Waals surface area contributed by atoms with Crippen LogP contribution in [0.2, 0.25) is 0 Å². The first-order valence-electron chi connectivity index (χ1n) is 15.2. The van der Waals surface area contributed by atoms with Gasteiger partial charge in [0.2, 0.25) is 0 Å². The van der Waals surface area contributed by atoms with E-state index in [1.165, 1.54) is 0 Å². The van der Waals surface area contributed by atoms with Gasteiger partial charge in [0.15, 0.2) is 11.6 Å². The summed E-state index contributed by atoms with van der Waals surface area (Å²) >= 11 is 0. The Balaban J connectivity index is 1.97. The van der Waals surface area contributed by atoms with Crippen LogP contribution in [0.5, 0.6) is 0 Å². The van der Waals surface area contributed by atoms with Gasteiger partial charge in [-0.15, -0.1) is 0 Å². The molecule has 0 bridgehead atoms. The Hall–Kier alpha value is -3.78. The Kier molecular flexibility index (Phi) is 13.1. The molecule has 0 aliphatic heterocycles. The topological polar surface area (TPSA) is 74.6 Å². The highest BCUT2D eigenvalue weighted by Gasteiger charge is 2.37. The van der Waals surface area contributed by atoms with Crippen molar-refractivity contribution < 1.29 is 19.8 Å². The van der Waals surface area contributed by atoms with Crippen molar-refractivity contribution >= 4 is 11.6 Å². The first-order valence-corrected chi connectivity index (χ1v) is 15.2. The number of allylic oxidation sites excluding steroid dienone is 18. The summed E-state index contributed by atoms with van der Waals surface area (Å²) in [6, 6.07) is 0. The number of aliphatic hydroxyl groups is 2. The molecular weight excluding hydrogens is 544 g/mol. The second-order valence-corrected chi connectivity index (χ2v) is 13.3. The minimum absolute atomic E-state index is 0.181. The summed E-state index contributed by atoms with van der Waals surface area (Å²) in [4.78, 5) is 24.5. The van der Waals surface area contributed by atoms with Crippen LogP contribution in [-0.2, 0) is 9.59 Å². The van der Waals surface area contributed by atoms with Crippen molar-refractivity contribution in [3.63, 3.8) is 0 Å². The largest absolute Gasteiger partial charge is 0.385 e. The highest BCUT2D eigenvalue weighted by Crippen LogP contribution is 2.40. The van der Waals surface area contributed by atoms with E-state index in [4.69, 9.17) is 0 Å². The lowest BCUT2D eigenvalue weighted by atomic mass is 9.71. The van der Waals surface area contributed by atoms with Crippen LogP contribution in [0.15, 0.2) is 117 Å². The molecular formula is C40H50O4. The fourth-order valence-corrected chi connectivity index (χ4v) is 5.50. The summed E-state index contributed by atoms with van der Waals surface area (Å²) in [5, 5.41) is 20.0. The van der Waals surface area contributed by atoms with Gasteiger partial charge in [-0.3, -0.25) is 9.59 Å². The summed E-state index contributed by atoms with van der Waals surface area (Å²) in [6.07, 6.45) is 22.8. The zero-order valence-electron chi connectivity index (χ0n) is 28.2. The molecule has 0 amide bonds. The van der Waals surface area contributed by atoms with Crippen molar-refractivity contribution in [2.75, 3.05) is 0 Å². The van der Waals surface area contributed by atoms with Crippen LogP contribution < -0.4 is 0 Å². The molecule has 2 aliphatic carbocycles. The van der Waals surface area contributed by atoms with Gasteiger partial charge in [-0.1, -0.05) is 111 Å².